The lowest BCUT2D eigenvalue weighted by molar-refractivity contribution is 0.102. The number of aromatic amines is 1. The van der Waals surface area contributed by atoms with Crippen molar-refractivity contribution >= 4 is 34.0 Å². The van der Waals surface area contributed by atoms with E-state index in [9.17, 15) is 4.79 Å². The summed E-state index contributed by atoms with van der Waals surface area (Å²) in [7, 11) is 0. The summed E-state index contributed by atoms with van der Waals surface area (Å²) in [6.45, 7) is 2.07. The second-order valence-electron chi connectivity index (χ2n) is 9.12. The third-order valence-corrected chi connectivity index (χ3v) is 6.76. The van der Waals surface area contributed by atoms with E-state index in [1.165, 1.54) is 32.1 Å². The van der Waals surface area contributed by atoms with E-state index in [0.717, 1.165) is 46.6 Å². The predicted molar refractivity (Wildman–Crippen MR) is 134 cm³/mol. The van der Waals surface area contributed by atoms with E-state index in [-0.39, 0.29) is 5.91 Å². The first-order valence-electron chi connectivity index (χ1n) is 12.0. The van der Waals surface area contributed by atoms with Crippen LogP contribution >= 0.6 is 0 Å². The Morgan fingerprint density at radius 2 is 1.82 bits per heavy atom. The van der Waals surface area contributed by atoms with Crippen molar-refractivity contribution in [2.75, 3.05) is 28.6 Å². The van der Waals surface area contributed by atoms with Crippen molar-refractivity contribution in [3.63, 3.8) is 0 Å². The monoisotopic (exact) mass is 453 g/mol. The largest absolute Gasteiger partial charge is 0.381 e. The number of anilines is 3. The van der Waals surface area contributed by atoms with Gasteiger partial charge in [-0.2, -0.15) is 5.10 Å². The lowest BCUT2D eigenvalue weighted by Crippen LogP contribution is -2.26. The van der Waals surface area contributed by atoms with Gasteiger partial charge in [0.1, 0.15) is 5.82 Å². The van der Waals surface area contributed by atoms with Gasteiger partial charge in [0.15, 0.2) is 5.69 Å². The molecule has 3 N–H and O–H groups in total. The summed E-state index contributed by atoms with van der Waals surface area (Å²) >= 11 is 0. The molecule has 34 heavy (non-hydrogen) atoms. The summed E-state index contributed by atoms with van der Waals surface area (Å²) in [5.74, 6) is 0.686. The maximum Gasteiger partial charge on any atom is 0.276 e. The molecule has 4 aromatic rings. The molecule has 0 radical (unpaired) electrons. The van der Waals surface area contributed by atoms with Crippen molar-refractivity contribution in [2.24, 2.45) is 0 Å². The Morgan fingerprint density at radius 1 is 0.941 bits per heavy atom. The van der Waals surface area contributed by atoms with Gasteiger partial charge in [-0.1, -0.05) is 6.07 Å². The highest BCUT2D eigenvalue weighted by Crippen LogP contribution is 2.29. The number of amides is 1. The van der Waals surface area contributed by atoms with Crippen molar-refractivity contribution in [1.29, 1.82) is 0 Å². The van der Waals surface area contributed by atoms with Gasteiger partial charge < -0.3 is 15.5 Å². The molecule has 2 fully saturated rings. The summed E-state index contributed by atoms with van der Waals surface area (Å²) < 4.78 is 0. The van der Waals surface area contributed by atoms with Crippen LogP contribution < -0.4 is 15.5 Å². The van der Waals surface area contributed by atoms with Gasteiger partial charge in [-0.25, -0.2) is 4.98 Å². The SMILES string of the molecule is O=C(Nc1ccc(N2CCCC2)nc1)c1n[nH]c2ccc(-c3cncc(NC4CCC4)c3)cc12. The second-order valence-corrected chi connectivity index (χ2v) is 9.12. The van der Waals surface area contributed by atoms with Gasteiger partial charge in [-0.15, -0.1) is 0 Å². The number of fused-ring (bicyclic) bond motifs is 1. The molecule has 1 saturated heterocycles. The zero-order valence-corrected chi connectivity index (χ0v) is 18.9. The van der Waals surface area contributed by atoms with Gasteiger partial charge in [0.2, 0.25) is 0 Å². The van der Waals surface area contributed by atoms with Crippen LogP contribution in [0.1, 0.15) is 42.6 Å². The summed E-state index contributed by atoms with van der Waals surface area (Å²) in [4.78, 5) is 24.2. The van der Waals surface area contributed by atoms with Gasteiger partial charge in [-0.05, 0) is 68.0 Å². The second kappa shape index (κ2) is 8.78. The van der Waals surface area contributed by atoms with Gasteiger partial charge in [0.25, 0.3) is 5.91 Å². The highest BCUT2D eigenvalue weighted by Gasteiger charge is 2.19. The number of nitrogens with zero attached hydrogens (tertiary/aromatic N) is 4. The van der Waals surface area contributed by atoms with E-state index in [4.69, 9.17) is 0 Å². The molecule has 1 aliphatic heterocycles. The summed E-state index contributed by atoms with van der Waals surface area (Å²) in [6, 6.07) is 12.5. The third-order valence-electron chi connectivity index (χ3n) is 6.76. The van der Waals surface area contributed by atoms with Crippen LogP contribution in [0.3, 0.4) is 0 Å². The summed E-state index contributed by atoms with van der Waals surface area (Å²) in [5.41, 5.74) is 4.84. The number of carbonyl (C=O) groups is 1. The average Bonchev–Trinajstić information content (AvgIpc) is 3.52. The van der Waals surface area contributed by atoms with E-state index in [1.54, 1.807) is 6.20 Å². The summed E-state index contributed by atoms with van der Waals surface area (Å²) in [5, 5.41) is 14.5. The number of benzene rings is 1. The highest BCUT2D eigenvalue weighted by molar-refractivity contribution is 6.11. The Kier molecular flexibility index (Phi) is 5.33. The Morgan fingerprint density at radius 3 is 2.59 bits per heavy atom. The number of H-pyrrole nitrogens is 1. The molecule has 1 amide bonds. The quantitative estimate of drug-likeness (QED) is 0.387. The Labute approximate surface area is 197 Å². The van der Waals surface area contributed by atoms with E-state index >= 15 is 0 Å². The van der Waals surface area contributed by atoms with Crippen LogP contribution in [0.5, 0.6) is 0 Å². The van der Waals surface area contributed by atoms with Gasteiger partial charge in [0, 0.05) is 42.5 Å². The number of carbonyl (C=O) groups excluding carboxylic acids is 1. The molecule has 4 heterocycles. The maximum atomic E-state index is 13.0. The smallest absolute Gasteiger partial charge is 0.276 e. The zero-order valence-electron chi connectivity index (χ0n) is 18.9. The van der Waals surface area contributed by atoms with E-state index < -0.39 is 0 Å². The minimum atomic E-state index is -0.266. The molecular formula is C26H27N7O. The van der Waals surface area contributed by atoms with Crippen molar-refractivity contribution in [3.05, 3.63) is 60.7 Å². The van der Waals surface area contributed by atoms with Crippen LogP contribution in [0.25, 0.3) is 22.0 Å². The Balaban J connectivity index is 1.22. The molecule has 1 aromatic carbocycles. The number of aromatic nitrogens is 4. The average molecular weight is 454 g/mol. The van der Waals surface area contributed by atoms with E-state index in [2.05, 4.69) is 41.8 Å². The first kappa shape index (κ1) is 20.7. The van der Waals surface area contributed by atoms with Crippen LogP contribution in [-0.2, 0) is 0 Å². The molecule has 3 aromatic heterocycles. The molecule has 2 aliphatic rings. The van der Waals surface area contributed by atoms with Crippen molar-refractivity contribution in [2.45, 2.75) is 38.1 Å². The fourth-order valence-corrected chi connectivity index (χ4v) is 4.62. The molecule has 6 rings (SSSR count). The first-order chi connectivity index (χ1) is 16.7. The number of nitrogens with one attached hydrogen (secondary N) is 3. The van der Waals surface area contributed by atoms with Crippen LogP contribution in [0, 0.1) is 0 Å². The minimum absolute atomic E-state index is 0.266. The minimum Gasteiger partial charge on any atom is -0.381 e. The fraction of sp³-hybridized carbons (Fsp3) is 0.308. The normalized spacial score (nSPS) is 15.9. The number of hydrogen-bond acceptors (Lipinski definition) is 6. The topological polar surface area (TPSA) is 98.8 Å². The van der Waals surface area contributed by atoms with Crippen molar-refractivity contribution in [3.8, 4) is 11.1 Å². The standard InChI is InChI=1S/C26H27N7O/c34-26(30-20-7-9-24(28-16-20)33-10-1-2-11-33)25-22-13-17(6-8-23(22)31-32-25)18-12-21(15-27-14-18)29-19-4-3-5-19/h6-9,12-16,19,29H,1-5,10-11H2,(H,30,34)(H,31,32). The lowest BCUT2D eigenvalue weighted by atomic mass is 9.93. The molecule has 1 saturated carbocycles. The highest BCUT2D eigenvalue weighted by atomic mass is 16.1. The molecule has 0 unspecified atom stereocenters. The van der Waals surface area contributed by atoms with E-state index in [0.29, 0.717) is 17.4 Å². The molecule has 8 heteroatoms. The molecule has 8 nitrogen and oxygen atoms in total. The predicted octanol–water partition coefficient (Wildman–Crippen LogP) is 4.84. The molecule has 0 bridgehead atoms. The molecular weight excluding hydrogens is 426 g/mol. The van der Waals surface area contributed by atoms with Gasteiger partial charge in [0.05, 0.1) is 23.1 Å². The molecule has 0 spiro atoms. The van der Waals surface area contributed by atoms with Crippen LogP contribution in [0.15, 0.2) is 55.0 Å². The number of pyridine rings is 2. The zero-order chi connectivity index (χ0) is 22.9. The first-order valence-corrected chi connectivity index (χ1v) is 12.0. The van der Waals surface area contributed by atoms with Crippen LogP contribution in [0.2, 0.25) is 0 Å². The molecule has 172 valence electrons. The lowest BCUT2D eigenvalue weighted by Gasteiger charge is -2.27. The van der Waals surface area contributed by atoms with Crippen LogP contribution in [0.4, 0.5) is 17.2 Å². The van der Waals surface area contributed by atoms with Gasteiger partial charge in [-0.3, -0.25) is 14.9 Å². The van der Waals surface area contributed by atoms with Gasteiger partial charge >= 0.3 is 0 Å². The number of rotatable bonds is 6. The van der Waals surface area contributed by atoms with Crippen LogP contribution in [-0.4, -0.2) is 45.2 Å². The fourth-order valence-electron chi connectivity index (χ4n) is 4.62. The Bertz CT molecular complexity index is 1320. The van der Waals surface area contributed by atoms with Crippen molar-refractivity contribution in [1.82, 2.24) is 20.2 Å². The third kappa shape index (κ3) is 4.07. The summed E-state index contributed by atoms with van der Waals surface area (Å²) in [6.07, 6.45) is 11.5. The molecule has 1 aliphatic carbocycles. The van der Waals surface area contributed by atoms with E-state index in [1.807, 2.05) is 42.7 Å². The molecule has 0 atom stereocenters. The number of hydrogen-bond donors (Lipinski definition) is 3. The maximum absolute atomic E-state index is 13.0. The Hall–Kier alpha value is -3.94. The van der Waals surface area contributed by atoms with Crippen molar-refractivity contribution < 1.29 is 4.79 Å².